The minimum Gasteiger partial charge on any atom is -0.336 e. The molecular weight excluding hydrogens is 302 g/mol. The van der Waals surface area contributed by atoms with Crippen LogP contribution in [0, 0.1) is 6.92 Å². The largest absolute Gasteiger partial charge is 0.336 e. The van der Waals surface area contributed by atoms with Gasteiger partial charge in [-0.05, 0) is 37.6 Å². The van der Waals surface area contributed by atoms with Gasteiger partial charge in [-0.3, -0.25) is 4.79 Å². The molecule has 7 heteroatoms. The van der Waals surface area contributed by atoms with Gasteiger partial charge in [0.05, 0.1) is 5.69 Å². The van der Waals surface area contributed by atoms with Gasteiger partial charge >= 0.3 is 0 Å². The first-order valence-electron chi connectivity index (χ1n) is 7.13. The third-order valence-electron chi connectivity index (χ3n) is 3.77. The predicted molar refractivity (Wildman–Crippen MR) is 86.7 cm³/mol. The van der Waals surface area contributed by atoms with Crippen LogP contribution >= 0.6 is 12.4 Å². The number of piperazine rings is 1. The standard InChI is InChI=1S/C15H19N5O.ClH/c1-11-7-13(3-4-14(11)20-10-16-9-18-20)15(21)19-6-5-17-12(2)8-19;/h3-4,7,9-10,12,17H,5-6,8H2,1-2H3;1H. The van der Waals surface area contributed by atoms with Crippen LogP contribution in [0.15, 0.2) is 30.9 Å². The Morgan fingerprint density at radius 3 is 2.86 bits per heavy atom. The first-order chi connectivity index (χ1) is 10.1. The van der Waals surface area contributed by atoms with E-state index in [2.05, 4.69) is 22.3 Å². The van der Waals surface area contributed by atoms with E-state index in [1.165, 1.54) is 6.33 Å². The molecule has 0 saturated carbocycles. The van der Waals surface area contributed by atoms with Crippen LogP contribution in [0.3, 0.4) is 0 Å². The summed E-state index contributed by atoms with van der Waals surface area (Å²) in [7, 11) is 0. The molecule has 1 aliphatic heterocycles. The van der Waals surface area contributed by atoms with E-state index in [1.54, 1.807) is 11.0 Å². The number of aromatic nitrogens is 3. The average Bonchev–Trinajstić information content (AvgIpc) is 3.00. The summed E-state index contributed by atoms with van der Waals surface area (Å²) in [5, 5.41) is 7.47. The molecule has 2 aromatic rings. The second-order valence-corrected chi connectivity index (χ2v) is 5.45. The Hall–Kier alpha value is -1.92. The number of hydrogen-bond donors (Lipinski definition) is 1. The zero-order chi connectivity index (χ0) is 14.8. The van der Waals surface area contributed by atoms with E-state index in [0.29, 0.717) is 6.04 Å². The van der Waals surface area contributed by atoms with Gasteiger partial charge in [0.2, 0.25) is 0 Å². The van der Waals surface area contributed by atoms with Gasteiger partial charge in [-0.2, -0.15) is 5.10 Å². The van der Waals surface area contributed by atoms with Crippen molar-refractivity contribution < 1.29 is 4.79 Å². The lowest BCUT2D eigenvalue weighted by Gasteiger charge is -2.32. The van der Waals surface area contributed by atoms with E-state index in [-0.39, 0.29) is 18.3 Å². The smallest absolute Gasteiger partial charge is 0.253 e. The lowest BCUT2D eigenvalue weighted by atomic mass is 10.1. The molecule has 1 aliphatic rings. The third-order valence-corrected chi connectivity index (χ3v) is 3.77. The summed E-state index contributed by atoms with van der Waals surface area (Å²) in [6.45, 7) is 6.44. The minimum atomic E-state index is 0. The number of carbonyl (C=O) groups is 1. The molecule has 1 saturated heterocycles. The number of carbonyl (C=O) groups excluding carboxylic acids is 1. The molecule has 118 valence electrons. The van der Waals surface area contributed by atoms with Gasteiger partial charge in [0, 0.05) is 31.2 Å². The third kappa shape index (κ3) is 3.28. The van der Waals surface area contributed by atoms with Crippen molar-refractivity contribution in [1.82, 2.24) is 25.0 Å². The van der Waals surface area contributed by atoms with Gasteiger partial charge in [0.15, 0.2) is 0 Å². The highest BCUT2D eigenvalue weighted by atomic mass is 35.5. The normalized spacial score (nSPS) is 17.9. The highest BCUT2D eigenvalue weighted by Crippen LogP contribution is 2.16. The van der Waals surface area contributed by atoms with Crippen LogP contribution in [-0.2, 0) is 0 Å². The van der Waals surface area contributed by atoms with Crippen LogP contribution < -0.4 is 5.32 Å². The first kappa shape index (κ1) is 16.5. The number of amides is 1. The molecule has 1 amide bonds. The fourth-order valence-corrected chi connectivity index (χ4v) is 2.68. The van der Waals surface area contributed by atoms with Gasteiger partial charge in [-0.1, -0.05) is 0 Å². The number of nitrogens with zero attached hydrogens (tertiary/aromatic N) is 4. The Labute approximate surface area is 135 Å². The SMILES string of the molecule is Cc1cc(C(=O)N2CCNC(C)C2)ccc1-n1cncn1.Cl. The number of aryl methyl sites for hydroxylation is 1. The summed E-state index contributed by atoms with van der Waals surface area (Å²) < 4.78 is 1.70. The Balaban J connectivity index is 0.00000176. The van der Waals surface area contributed by atoms with Crippen molar-refractivity contribution in [1.29, 1.82) is 0 Å². The molecule has 1 unspecified atom stereocenters. The lowest BCUT2D eigenvalue weighted by Crippen LogP contribution is -2.51. The van der Waals surface area contributed by atoms with Crippen LogP contribution in [0.5, 0.6) is 0 Å². The number of rotatable bonds is 2. The molecule has 1 aromatic heterocycles. The van der Waals surface area contributed by atoms with Gasteiger partial charge in [-0.25, -0.2) is 9.67 Å². The first-order valence-corrected chi connectivity index (χ1v) is 7.13. The van der Waals surface area contributed by atoms with Crippen LogP contribution in [0.25, 0.3) is 5.69 Å². The molecule has 3 rings (SSSR count). The maximum absolute atomic E-state index is 12.6. The Morgan fingerprint density at radius 1 is 1.41 bits per heavy atom. The molecule has 0 spiro atoms. The fraction of sp³-hybridized carbons (Fsp3) is 0.400. The van der Waals surface area contributed by atoms with Crippen LogP contribution in [0.4, 0.5) is 0 Å². The summed E-state index contributed by atoms with van der Waals surface area (Å²) in [5.74, 6) is 0.0941. The maximum atomic E-state index is 12.6. The highest BCUT2D eigenvalue weighted by Gasteiger charge is 2.22. The van der Waals surface area contributed by atoms with Crippen LogP contribution in [0.2, 0.25) is 0 Å². The van der Waals surface area contributed by atoms with Crippen LogP contribution in [0.1, 0.15) is 22.8 Å². The van der Waals surface area contributed by atoms with Crippen molar-refractivity contribution in [3.05, 3.63) is 42.0 Å². The van der Waals surface area contributed by atoms with E-state index in [4.69, 9.17) is 0 Å². The second-order valence-electron chi connectivity index (χ2n) is 5.45. The molecule has 0 bridgehead atoms. The molecule has 1 atom stereocenters. The Bertz CT molecular complexity index is 643. The minimum absolute atomic E-state index is 0. The van der Waals surface area contributed by atoms with Gasteiger partial charge < -0.3 is 10.2 Å². The summed E-state index contributed by atoms with van der Waals surface area (Å²) >= 11 is 0. The van der Waals surface area contributed by atoms with Gasteiger partial charge in [0.1, 0.15) is 12.7 Å². The topological polar surface area (TPSA) is 63.1 Å². The highest BCUT2D eigenvalue weighted by molar-refractivity contribution is 5.94. The number of halogens is 1. The molecule has 22 heavy (non-hydrogen) atoms. The van der Waals surface area contributed by atoms with E-state index in [1.807, 2.05) is 30.0 Å². The van der Waals surface area contributed by atoms with Crippen molar-refractivity contribution >= 4 is 18.3 Å². The number of hydrogen-bond acceptors (Lipinski definition) is 4. The van der Waals surface area contributed by atoms with Crippen molar-refractivity contribution in [2.75, 3.05) is 19.6 Å². The molecule has 2 heterocycles. The predicted octanol–water partition coefficient (Wildman–Crippen LogP) is 1.43. The summed E-state index contributed by atoms with van der Waals surface area (Å²) in [6, 6.07) is 6.05. The van der Waals surface area contributed by atoms with E-state index >= 15 is 0 Å². The van der Waals surface area contributed by atoms with Crippen molar-refractivity contribution in [2.24, 2.45) is 0 Å². The summed E-state index contributed by atoms with van der Waals surface area (Å²) in [6.07, 6.45) is 3.16. The van der Waals surface area contributed by atoms with Crippen LogP contribution in [-0.4, -0.2) is 51.2 Å². The van der Waals surface area contributed by atoms with E-state index in [0.717, 1.165) is 36.4 Å². The molecule has 1 fully saturated rings. The van der Waals surface area contributed by atoms with E-state index < -0.39 is 0 Å². The lowest BCUT2D eigenvalue weighted by molar-refractivity contribution is 0.0709. The fourth-order valence-electron chi connectivity index (χ4n) is 2.68. The van der Waals surface area contributed by atoms with Crippen molar-refractivity contribution in [3.63, 3.8) is 0 Å². The molecule has 0 aliphatic carbocycles. The zero-order valence-electron chi connectivity index (χ0n) is 12.7. The summed E-state index contributed by atoms with van der Waals surface area (Å²) in [5.41, 5.74) is 2.68. The Morgan fingerprint density at radius 2 is 2.23 bits per heavy atom. The van der Waals surface area contributed by atoms with E-state index in [9.17, 15) is 4.79 Å². The van der Waals surface area contributed by atoms with Crippen molar-refractivity contribution in [2.45, 2.75) is 19.9 Å². The van der Waals surface area contributed by atoms with Gasteiger partial charge in [0.25, 0.3) is 5.91 Å². The van der Waals surface area contributed by atoms with Gasteiger partial charge in [-0.15, -0.1) is 12.4 Å². The number of nitrogens with one attached hydrogen (secondary N) is 1. The zero-order valence-corrected chi connectivity index (χ0v) is 13.5. The average molecular weight is 322 g/mol. The summed E-state index contributed by atoms with van der Waals surface area (Å²) in [4.78, 5) is 18.4. The maximum Gasteiger partial charge on any atom is 0.253 e. The monoisotopic (exact) mass is 321 g/mol. The number of benzene rings is 1. The quantitative estimate of drug-likeness (QED) is 0.909. The molecular formula is C15H20ClN5O. The van der Waals surface area contributed by atoms with Crippen molar-refractivity contribution in [3.8, 4) is 5.69 Å². The molecule has 1 aromatic carbocycles. The Kier molecular flexibility index (Phi) is 5.15. The molecule has 0 radical (unpaired) electrons. The second kappa shape index (κ2) is 6.89. The molecule has 6 nitrogen and oxygen atoms in total. The molecule has 1 N–H and O–H groups in total.